The molecule has 0 saturated heterocycles. The van der Waals surface area contributed by atoms with Crippen LogP contribution in [0.3, 0.4) is 0 Å². The first-order valence-electron chi connectivity index (χ1n) is 7.47. The van der Waals surface area contributed by atoms with Gasteiger partial charge in [0.05, 0.1) is 18.6 Å². The molecule has 0 aliphatic carbocycles. The molecule has 24 heavy (non-hydrogen) atoms. The fraction of sp³-hybridized carbons (Fsp3) is 0.278. The summed E-state index contributed by atoms with van der Waals surface area (Å²) in [6.45, 7) is 1.42. The van der Waals surface area contributed by atoms with E-state index in [9.17, 15) is 18.7 Å². The number of ether oxygens (including phenoxy) is 1. The maximum absolute atomic E-state index is 13.6. The quantitative estimate of drug-likeness (QED) is 0.853. The molecule has 0 aliphatic heterocycles. The van der Waals surface area contributed by atoms with E-state index in [0.717, 1.165) is 17.7 Å². The summed E-state index contributed by atoms with van der Waals surface area (Å²) in [7, 11) is 1.55. The molecular formula is C18H19F2NO3. The van der Waals surface area contributed by atoms with Gasteiger partial charge < -0.3 is 15.2 Å². The molecule has 0 saturated carbocycles. The fourth-order valence-corrected chi connectivity index (χ4v) is 2.33. The first kappa shape index (κ1) is 17.9. The number of carbonyl (C=O) groups excluding carboxylic acids is 1. The lowest BCUT2D eigenvalue weighted by molar-refractivity contribution is -0.122. The van der Waals surface area contributed by atoms with Gasteiger partial charge in [0, 0.05) is 6.54 Å². The van der Waals surface area contributed by atoms with Gasteiger partial charge in [-0.2, -0.15) is 0 Å². The standard InChI is InChI=1S/C18H19F2NO3/c1-11(12-6-8-13(24-2)9-7-12)18(23)21-10-16(22)17-14(19)4-3-5-15(17)20/h3-9,11,16,22H,10H2,1-2H3,(H,21,23). The fourth-order valence-electron chi connectivity index (χ4n) is 2.33. The van der Waals surface area contributed by atoms with E-state index in [1.54, 1.807) is 38.3 Å². The number of hydrogen-bond donors (Lipinski definition) is 2. The van der Waals surface area contributed by atoms with Crippen molar-refractivity contribution in [3.8, 4) is 5.75 Å². The number of amides is 1. The number of benzene rings is 2. The van der Waals surface area contributed by atoms with Gasteiger partial charge in [0.25, 0.3) is 0 Å². The van der Waals surface area contributed by atoms with Gasteiger partial charge in [-0.25, -0.2) is 8.78 Å². The lowest BCUT2D eigenvalue weighted by atomic mass is 10.00. The summed E-state index contributed by atoms with van der Waals surface area (Å²) < 4.78 is 32.2. The SMILES string of the molecule is COc1ccc(C(C)C(=O)NCC(O)c2c(F)cccc2F)cc1. The van der Waals surface area contributed by atoms with Crippen molar-refractivity contribution in [2.24, 2.45) is 0 Å². The van der Waals surface area contributed by atoms with E-state index in [4.69, 9.17) is 4.74 Å². The van der Waals surface area contributed by atoms with E-state index in [1.807, 2.05) is 0 Å². The molecule has 2 rings (SSSR count). The molecule has 0 radical (unpaired) electrons. The van der Waals surface area contributed by atoms with Crippen LogP contribution >= 0.6 is 0 Å². The van der Waals surface area contributed by atoms with E-state index in [0.29, 0.717) is 5.75 Å². The summed E-state index contributed by atoms with van der Waals surface area (Å²) >= 11 is 0. The summed E-state index contributed by atoms with van der Waals surface area (Å²) in [5, 5.41) is 12.4. The third-order valence-corrected chi connectivity index (χ3v) is 3.81. The summed E-state index contributed by atoms with van der Waals surface area (Å²) in [5.74, 6) is -1.85. The van der Waals surface area contributed by atoms with E-state index in [1.165, 1.54) is 6.07 Å². The Balaban J connectivity index is 1.99. The minimum absolute atomic E-state index is 0.281. The number of rotatable bonds is 6. The highest BCUT2D eigenvalue weighted by Crippen LogP contribution is 2.22. The third-order valence-electron chi connectivity index (χ3n) is 3.81. The van der Waals surface area contributed by atoms with Crippen molar-refractivity contribution in [1.29, 1.82) is 0 Å². The number of methoxy groups -OCH3 is 1. The van der Waals surface area contributed by atoms with Crippen molar-refractivity contribution in [3.05, 3.63) is 65.2 Å². The van der Waals surface area contributed by atoms with Gasteiger partial charge in [-0.3, -0.25) is 4.79 Å². The number of nitrogens with one attached hydrogen (secondary N) is 1. The normalized spacial score (nSPS) is 13.2. The molecule has 2 atom stereocenters. The lowest BCUT2D eigenvalue weighted by Gasteiger charge is -2.17. The van der Waals surface area contributed by atoms with Crippen molar-refractivity contribution < 1.29 is 23.4 Å². The van der Waals surface area contributed by atoms with Crippen LogP contribution in [0.2, 0.25) is 0 Å². The van der Waals surface area contributed by atoms with E-state index in [-0.39, 0.29) is 12.5 Å². The summed E-state index contributed by atoms with van der Waals surface area (Å²) in [6.07, 6.45) is -1.46. The van der Waals surface area contributed by atoms with Gasteiger partial charge >= 0.3 is 0 Å². The van der Waals surface area contributed by atoms with Crippen molar-refractivity contribution in [1.82, 2.24) is 5.32 Å². The molecule has 0 fully saturated rings. The molecule has 4 nitrogen and oxygen atoms in total. The lowest BCUT2D eigenvalue weighted by Crippen LogP contribution is -2.32. The maximum atomic E-state index is 13.6. The Labute approximate surface area is 139 Å². The second-order valence-electron chi connectivity index (χ2n) is 5.39. The monoisotopic (exact) mass is 335 g/mol. The van der Waals surface area contributed by atoms with Crippen molar-refractivity contribution in [2.45, 2.75) is 18.9 Å². The Hall–Kier alpha value is -2.47. The number of halogens is 2. The maximum Gasteiger partial charge on any atom is 0.227 e. The zero-order valence-corrected chi connectivity index (χ0v) is 13.4. The molecule has 0 aliphatic rings. The van der Waals surface area contributed by atoms with Gasteiger partial charge in [0.2, 0.25) is 5.91 Å². The predicted octanol–water partition coefficient (Wildman–Crippen LogP) is 2.93. The van der Waals surface area contributed by atoms with Crippen molar-refractivity contribution in [3.63, 3.8) is 0 Å². The molecule has 2 unspecified atom stereocenters. The minimum atomic E-state index is -1.46. The summed E-state index contributed by atoms with van der Waals surface area (Å²) in [6, 6.07) is 10.3. The van der Waals surface area contributed by atoms with Crippen LogP contribution in [0.25, 0.3) is 0 Å². The van der Waals surface area contributed by atoms with E-state index in [2.05, 4.69) is 5.32 Å². The van der Waals surface area contributed by atoms with Crippen LogP contribution in [0, 0.1) is 11.6 Å². The predicted molar refractivity (Wildman–Crippen MR) is 85.7 cm³/mol. The zero-order chi connectivity index (χ0) is 17.7. The van der Waals surface area contributed by atoms with Crippen LogP contribution < -0.4 is 10.1 Å². The molecular weight excluding hydrogens is 316 g/mol. The topological polar surface area (TPSA) is 58.6 Å². The average molecular weight is 335 g/mol. The molecule has 2 N–H and O–H groups in total. The van der Waals surface area contributed by atoms with Crippen LogP contribution in [0.5, 0.6) is 5.75 Å². The molecule has 0 spiro atoms. The first-order chi connectivity index (χ1) is 11.4. The Kier molecular flexibility index (Phi) is 5.87. The van der Waals surface area contributed by atoms with Gasteiger partial charge in [-0.05, 0) is 36.8 Å². The molecule has 0 bridgehead atoms. The van der Waals surface area contributed by atoms with Crippen LogP contribution in [-0.4, -0.2) is 24.7 Å². The Morgan fingerprint density at radius 1 is 1.17 bits per heavy atom. The van der Waals surface area contributed by atoms with Gasteiger partial charge in [-0.1, -0.05) is 18.2 Å². The molecule has 0 aromatic heterocycles. The first-order valence-corrected chi connectivity index (χ1v) is 7.47. The largest absolute Gasteiger partial charge is 0.497 e. The molecule has 0 heterocycles. The molecule has 1 amide bonds. The molecule has 128 valence electrons. The summed E-state index contributed by atoms with van der Waals surface area (Å²) in [5.41, 5.74) is 0.315. The second kappa shape index (κ2) is 7.88. The summed E-state index contributed by atoms with van der Waals surface area (Å²) in [4.78, 5) is 12.2. The number of hydrogen-bond acceptors (Lipinski definition) is 3. The minimum Gasteiger partial charge on any atom is -0.497 e. The highest BCUT2D eigenvalue weighted by molar-refractivity contribution is 5.83. The van der Waals surface area contributed by atoms with Crippen molar-refractivity contribution in [2.75, 3.05) is 13.7 Å². The Morgan fingerprint density at radius 3 is 2.29 bits per heavy atom. The van der Waals surface area contributed by atoms with E-state index >= 15 is 0 Å². The molecule has 2 aromatic rings. The zero-order valence-electron chi connectivity index (χ0n) is 13.4. The van der Waals surface area contributed by atoms with Gasteiger partial charge in [0.15, 0.2) is 0 Å². The van der Waals surface area contributed by atoms with Crippen LogP contribution in [0.4, 0.5) is 8.78 Å². The second-order valence-corrected chi connectivity index (χ2v) is 5.39. The highest BCUT2D eigenvalue weighted by Gasteiger charge is 2.20. The molecule has 2 aromatic carbocycles. The number of carbonyl (C=O) groups is 1. The van der Waals surface area contributed by atoms with Crippen molar-refractivity contribution >= 4 is 5.91 Å². The number of aliphatic hydroxyl groups excluding tert-OH is 1. The molecule has 6 heteroatoms. The van der Waals surface area contributed by atoms with Crippen LogP contribution in [0.15, 0.2) is 42.5 Å². The smallest absolute Gasteiger partial charge is 0.227 e. The van der Waals surface area contributed by atoms with Gasteiger partial charge in [0.1, 0.15) is 23.5 Å². The average Bonchev–Trinajstić information content (AvgIpc) is 2.59. The Morgan fingerprint density at radius 2 is 1.75 bits per heavy atom. The third kappa shape index (κ3) is 4.08. The van der Waals surface area contributed by atoms with Gasteiger partial charge in [-0.15, -0.1) is 0 Å². The van der Waals surface area contributed by atoms with Crippen LogP contribution in [-0.2, 0) is 4.79 Å². The highest BCUT2D eigenvalue weighted by atomic mass is 19.1. The number of aliphatic hydroxyl groups is 1. The van der Waals surface area contributed by atoms with E-state index < -0.39 is 29.2 Å². The van der Waals surface area contributed by atoms with Crippen LogP contribution in [0.1, 0.15) is 30.1 Å². The Bertz CT molecular complexity index is 684.